The Bertz CT molecular complexity index is 3520. The molecule has 0 saturated carbocycles. The minimum atomic E-state index is 0.907. The van der Waals surface area contributed by atoms with Crippen LogP contribution in [0.2, 0.25) is 0 Å². The highest BCUT2D eigenvalue weighted by Crippen LogP contribution is 2.41. The van der Waals surface area contributed by atoms with Crippen LogP contribution in [0, 0.1) is 0 Å². The fourth-order valence-corrected chi connectivity index (χ4v) is 9.56. The first-order valence-corrected chi connectivity index (χ1v) is 21.8. The molecular formula is C60H42N2O. The third-order valence-electron chi connectivity index (χ3n) is 12.8. The third-order valence-corrected chi connectivity index (χ3v) is 12.8. The Balaban J connectivity index is 0.901. The van der Waals surface area contributed by atoms with Crippen LogP contribution in [0.5, 0.6) is 0 Å². The predicted molar refractivity (Wildman–Crippen MR) is 265 cm³/mol. The van der Waals surface area contributed by atoms with Crippen molar-refractivity contribution in [3.63, 3.8) is 0 Å². The van der Waals surface area contributed by atoms with Gasteiger partial charge >= 0.3 is 0 Å². The van der Waals surface area contributed by atoms with E-state index in [0.29, 0.717) is 0 Å². The molecule has 63 heavy (non-hydrogen) atoms. The highest BCUT2D eigenvalue weighted by atomic mass is 16.3. The van der Waals surface area contributed by atoms with Crippen LogP contribution < -0.4 is 4.90 Å². The van der Waals surface area contributed by atoms with E-state index in [2.05, 4.69) is 228 Å². The number of nitrogens with zero attached hydrogens (tertiary/aromatic N) is 2. The minimum Gasteiger partial charge on any atom is -0.456 e. The van der Waals surface area contributed by atoms with Gasteiger partial charge in [-0.3, -0.25) is 0 Å². The van der Waals surface area contributed by atoms with Crippen LogP contribution in [-0.2, 0) is 0 Å². The molecule has 1 aliphatic carbocycles. The molecule has 0 spiro atoms. The standard InChI is InChI=1S/C60H42N2O/c1-3-11-41(12-4-1)42-19-21-43(22-20-42)44-23-31-50(32-24-44)61(52-35-27-46(28-36-52)48-30-38-60-56(40-48)54-16-8-10-18-59(54)63-60)51-33-25-45(26-34-51)47-29-37-58-55(39-47)53-15-7-9-17-57(53)62(58)49-13-5-2-6-14-49/h1-25,27-33,35-40H,26,34H2. The zero-order chi connectivity index (χ0) is 41.7. The Morgan fingerprint density at radius 3 is 1.54 bits per heavy atom. The number of aromatic nitrogens is 1. The lowest BCUT2D eigenvalue weighted by molar-refractivity contribution is 0.669. The molecule has 11 aromatic rings. The molecule has 298 valence electrons. The summed E-state index contributed by atoms with van der Waals surface area (Å²) >= 11 is 0. The number of allylic oxidation sites excluding steroid dienone is 4. The zero-order valence-corrected chi connectivity index (χ0v) is 34.7. The molecule has 0 radical (unpaired) electrons. The van der Waals surface area contributed by atoms with Gasteiger partial charge < -0.3 is 13.9 Å². The van der Waals surface area contributed by atoms with Crippen molar-refractivity contribution >= 4 is 60.7 Å². The van der Waals surface area contributed by atoms with Gasteiger partial charge in [0.15, 0.2) is 0 Å². The summed E-state index contributed by atoms with van der Waals surface area (Å²) in [5.41, 5.74) is 18.8. The lowest BCUT2D eigenvalue weighted by Crippen LogP contribution is -2.17. The number of rotatable bonds is 8. The van der Waals surface area contributed by atoms with E-state index in [-0.39, 0.29) is 0 Å². The van der Waals surface area contributed by atoms with Crippen LogP contribution in [0.25, 0.3) is 88.4 Å². The van der Waals surface area contributed by atoms with E-state index in [0.717, 1.165) is 46.2 Å². The van der Waals surface area contributed by atoms with E-state index in [1.807, 2.05) is 12.1 Å². The third kappa shape index (κ3) is 6.63. The van der Waals surface area contributed by atoms with Gasteiger partial charge in [-0.2, -0.15) is 0 Å². The molecule has 0 atom stereocenters. The summed E-state index contributed by atoms with van der Waals surface area (Å²) in [6, 6.07) is 78.7. The largest absolute Gasteiger partial charge is 0.456 e. The summed E-state index contributed by atoms with van der Waals surface area (Å²) in [4.78, 5) is 2.43. The van der Waals surface area contributed by atoms with Gasteiger partial charge in [0, 0.05) is 44.3 Å². The minimum absolute atomic E-state index is 0.907. The number of benzene rings is 9. The van der Waals surface area contributed by atoms with Crippen molar-refractivity contribution in [3.8, 4) is 39.1 Å². The number of hydrogen-bond donors (Lipinski definition) is 0. The predicted octanol–water partition coefficient (Wildman–Crippen LogP) is 16.6. The summed E-state index contributed by atoms with van der Waals surface area (Å²) in [6.45, 7) is 0. The Labute approximate surface area is 366 Å². The SMILES string of the molecule is C1=C(c2ccc3c(c2)c2ccccc2n3-c2ccccc2)CCC(N(c2ccc(-c3ccc(-c4ccccc4)cc3)cc2)c2ccc(-c3ccc4oc5ccccc5c4c3)cc2)=C1. The van der Waals surface area contributed by atoms with Gasteiger partial charge in [-0.15, -0.1) is 0 Å². The second-order valence-corrected chi connectivity index (χ2v) is 16.5. The summed E-state index contributed by atoms with van der Waals surface area (Å²) in [5, 5.41) is 4.83. The van der Waals surface area contributed by atoms with Gasteiger partial charge in [0.1, 0.15) is 11.2 Å². The number of furan rings is 1. The lowest BCUT2D eigenvalue weighted by Gasteiger charge is -2.30. The Kier molecular flexibility index (Phi) is 8.97. The maximum atomic E-state index is 6.14. The van der Waals surface area contributed by atoms with Gasteiger partial charge in [0.2, 0.25) is 0 Å². The first-order valence-electron chi connectivity index (χ1n) is 21.8. The molecule has 2 heterocycles. The summed E-state index contributed by atoms with van der Waals surface area (Å²) in [5.74, 6) is 0. The van der Waals surface area contributed by atoms with E-state index < -0.39 is 0 Å². The molecule has 3 heteroatoms. The van der Waals surface area contributed by atoms with E-state index in [1.54, 1.807) is 0 Å². The fourth-order valence-electron chi connectivity index (χ4n) is 9.56. The monoisotopic (exact) mass is 806 g/mol. The van der Waals surface area contributed by atoms with Crippen LogP contribution in [0.3, 0.4) is 0 Å². The number of hydrogen-bond acceptors (Lipinski definition) is 2. The highest BCUT2D eigenvalue weighted by Gasteiger charge is 2.20. The molecular weight excluding hydrogens is 765 g/mol. The second-order valence-electron chi connectivity index (χ2n) is 16.5. The summed E-state index contributed by atoms with van der Waals surface area (Å²) < 4.78 is 8.52. The fraction of sp³-hybridized carbons (Fsp3) is 0.0333. The molecule has 0 saturated heterocycles. The van der Waals surface area contributed by atoms with Crippen molar-refractivity contribution in [2.24, 2.45) is 0 Å². The van der Waals surface area contributed by atoms with Gasteiger partial charge in [-0.1, -0.05) is 152 Å². The van der Waals surface area contributed by atoms with Crippen LogP contribution in [0.4, 0.5) is 11.4 Å². The van der Waals surface area contributed by atoms with Crippen molar-refractivity contribution in [1.29, 1.82) is 0 Å². The molecule has 0 fully saturated rings. The molecule has 1 aliphatic rings. The highest BCUT2D eigenvalue weighted by molar-refractivity contribution is 6.10. The molecule has 0 aliphatic heterocycles. The molecule has 0 N–H and O–H groups in total. The number of fused-ring (bicyclic) bond motifs is 6. The van der Waals surface area contributed by atoms with Crippen LogP contribution in [0.1, 0.15) is 18.4 Å². The number of para-hydroxylation sites is 3. The van der Waals surface area contributed by atoms with Gasteiger partial charge in [0.25, 0.3) is 0 Å². The molecule has 0 unspecified atom stereocenters. The van der Waals surface area contributed by atoms with E-state index in [4.69, 9.17) is 4.42 Å². The van der Waals surface area contributed by atoms with Crippen LogP contribution in [0.15, 0.2) is 241 Å². The summed E-state index contributed by atoms with van der Waals surface area (Å²) in [7, 11) is 0. The maximum absolute atomic E-state index is 6.14. The van der Waals surface area contributed by atoms with Gasteiger partial charge in [-0.05, 0) is 136 Å². The molecule has 0 amide bonds. The van der Waals surface area contributed by atoms with Crippen LogP contribution in [-0.4, -0.2) is 4.57 Å². The van der Waals surface area contributed by atoms with E-state index in [9.17, 15) is 0 Å². The summed E-state index contributed by atoms with van der Waals surface area (Å²) in [6.07, 6.45) is 6.52. The normalized spacial score (nSPS) is 12.8. The molecule has 3 nitrogen and oxygen atoms in total. The molecule has 2 aromatic heterocycles. The Morgan fingerprint density at radius 2 is 0.857 bits per heavy atom. The molecule has 12 rings (SSSR count). The first kappa shape index (κ1) is 36.7. The quantitative estimate of drug-likeness (QED) is 0.153. The van der Waals surface area contributed by atoms with E-state index in [1.165, 1.54) is 77.7 Å². The average molecular weight is 807 g/mol. The Morgan fingerprint density at radius 1 is 0.349 bits per heavy atom. The molecule has 0 bridgehead atoms. The van der Waals surface area contributed by atoms with Crippen molar-refractivity contribution in [1.82, 2.24) is 4.57 Å². The smallest absolute Gasteiger partial charge is 0.135 e. The van der Waals surface area contributed by atoms with E-state index >= 15 is 0 Å². The van der Waals surface area contributed by atoms with Crippen LogP contribution >= 0.6 is 0 Å². The average Bonchev–Trinajstić information content (AvgIpc) is 3.90. The van der Waals surface area contributed by atoms with Crippen molar-refractivity contribution in [2.45, 2.75) is 12.8 Å². The topological polar surface area (TPSA) is 21.3 Å². The molecule has 9 aromatic carbocycles. The zero-order valence-electron chi connectivity index (χ0n) is 34.7. The van der Waals surface area contributed by atoms with Crippen molar-refractivity contribution in [2.75, 3.05) is 4.90 Å². The van der Waals surface area contributed by atoms with Crippen molar-refractivity contribution in [3.05, 3.63) is 242 Å². The second kappa shape index (κ2) is 15.4. The Hall–Kier alpha value is -8.14. The lowest BCUT2D eigenvalue weighted by atomic mass is 9.93. The number of anilines is 2. The first-order chi connectivity index (χ1) is 31.2. The maximum Gasteiger partial charge on any atom is 0.135 e. The van der Waals surface area contributed by atoms with Crippen molar-refractivity contribution < 1.29 is 4.42 Å². The van der Waals surface area contributed by atoms with Gasteiger partial charge in [0.05, 0.1) is 11.0 Å². The van der Waals surface area contributed by atoms with Gasteiger partial charge in [-0.25, -0.2) is 0 Å².